The van der Waals surface area contributed by atoms with E-state index in [-0.39, 0.29) is 40.1 Å². The Morgan fingerprint density at radius 1 is 0.953 bits per heavy atom. The summed E-state index contributed by atoms with van der Waals surface area (Å²) >= 11 is 0. The van der Waals surface area contributed by atoms with Crippen LogP contribution in [0.25, 0.3) is 0 Å². The number of ketones is 1. The van der Waals surface area contributed by atoms with Crippen molar-refractivity contribution in [2.24, 2.45) is 56.7 Å². The van der Waals surface area contributed by atoms with Crippen molar-refractivity contribution < 1.29 is 24.2 Å². The van der Waals surface area contributed by atoms with Gasteiger partial charge in [0.15, 0.2) is 5.78 Å². The van der Waals surface area contributed by atoms with Gasteiger partial charge in [0.25, 0.3) is 0 Å². The Morgan fingerprint density at radius 2 is 1.65 bits per heavy atom. The summed E-state index contributed by atoms with van der Waals surface area (Å²) in [6.07, 6.45) is 11.1. The fourth-order valence-electron chi connectivity index (χ4n) is 11.3. The molecule has 3 fully saturated rings. The minimum atomic E-state index is -0.997. The van der Waals surface area contributed by atoms with E-state index in [1.807, 2.05) is 50.3 Å². The third-order valence-electron chi connectivity index (χ3n) is 14.0. The van der Waals surface area contributed by atoms with E-state index in [1.54, 1.807) is 6.08 Å². The molecule has 6 rings (SSSR count). The van der Waals surface area contributed by atoms with Crippen molar-refractivity contribution in [3.8, 4) is 0 Å². The molecule has 3 saturated carbocycles. The predicted octanol–water partition coefficient (Wildman–Crippen LogP) is 8.19. The average molecular weight is 587 g/mol. The van der Waals surface area contributed by atoms with Crippen LogP contribution in [0.3, 0.4) is 0 Å². The number of benzene rings is 1. The highest BCUT2D eigenvalue weighted by molar-refractivity contribution is 5.97. The highest BCUT2D eigenvalue weighted by atomic mass is 16.5. The summed E-state index contributed by atoms with van der Waals surface area (Å²) < 4.78 is 5.95. The molecule has 0 heterocycles. The zero-order chi connectivity index (χ0) is 31.2. The van der Waals surface area contributed by atoms with Crippen LogP contribution in [0.4, 0.5) is 0 Å². The van der Waals surface area contributed by atoms with E-state index in [2.05, 4.69) is 34.6 Å². The lowest BCUT2D eigenvalue weighted by Gasteiger charge is -2.70. The van der Waals surface area contributed by atoms with Gasteiger partial charge in [-0.15, -0.1) is 0 Å². The second kappa shape index (κ2) is 9.91. The van der Waals surface area contributed by atoms with Gasteiger partial charge in [-0.25, -0.2) is 4.79 Å². The molecule has 1 N–H and O–H groups in total. The van der Waals surface area contributed by atoms with Gasteiger partial charge in [-0.1, -0.05) is 96.9 Å². The molecule has 5 aliphatic carbocycles. The van der Waals surface area contributed by atoms with Crippen molar-refractivity contribution in [3.63, 3.8) is 0 Å². The van der Waals surface area contributed by atoms with Crippen molar-refractivity contribution in [2.45, 2.75) is 100 Å². The average Bonchev–Trinajstić information content (AvgIpc) is 2.93. The smallest absolute Gasteiger partial charge is 0.331 e. The van der Waals surface area contributed by atoms with Crippen LogP contribution >= 0.6 is 0 Å². The van der Waals surface area contributed by atoms with Crippen LogP contribution in [0.2, 0.25) is 0 Å². The quantitative estimate of drug-likeness (QED) is 0.360. The van der Waals surface area contributed by atoms with Crippen LogP contribution in [0.1, 0.15) is 99.0 Å². The Hall–Kier alpha value is -2.69. The summed E-state index contributed by atoms with van der Waals surface area (Å²) in [6.45, 7) is 15.8. The predicted molar refractivity (Wildman–Crippen MR) is 167 cm³/mol. The first-order valence-corrected chi connectivity index (χ1v) is 16.5. The highest BCUT2D eigenvalue weighted by Crippen LogP contribution is 2.75. The zero-order valence-electron chi connectivity index (χ0n) is 27.2. The molecule has 0 radical (unpaired) electrons. The van der Waals surface area contributed by atoms with E-state index in [0.717, 1.165) is 37.7 Å². The van der Waals surface area contributed by atoms with E-state index < -0.39 is 34.6 Å². The fraction of sp³-hybridized carbons (Fsp3) is 0.658. The van der Waals surface area contributed by atoms with Gasteiger partial charge < -0.3 is 9.84 Å². The monoisotopic (exact) mass is 586 g/mol. The number of fused-ring (bicyclic) bond motifs is 7. The van der Waals surface area contributed by atoms with E-state index in [0.29, 0.717) is 11.8 Å². The summed E-state index contributed by atoms with van der Waals surface area (Å²) in [5, 5.41) is 10.3. The molecule has 232 valence electrons. The molecule has 0 bridgehead atoms. The molecule has 9 atom stereocenters. The van der Waals surface area contributed by atoms with Gasteiger partial charge >= 0.3 is 11.9 Å². The standard InChI is InChI=1S/C38H50O5/c1-23-13-15-35(4)17-18-36(5)26(25(35)19-23)21-29(39)31-37(36,6)16-14-30-34(2,3)27(32(40)41)20-28(38(30,31)7)33(42)43-22-24-11-9-8-10-12-24/h8-12,20-21,23,25,28,30-31H,13-19,22H2,1-7H3,(H,40,41). The summed E-state index contributed by atoms with van der Waals surface area (Å²) in [5.41, 5.74) is 0.751. The number of ether oxygens (including phenoxy) is 1. The third-order valence-corrected chi connectivity index (χ3v) is 14.0. The minimum absolute atomic E-state index is 0.118. The number of hydrogen-bond donors (Lipinski definition) is 1. The Kier molecular flexibility index (Phi) is 6.99. The zero-order valence-corrected chi connectivity index (χ0v) is 27.2. The Bertz CT molecular complexity index is 1400. The number of rotatable bonds is 4. The van der Waals surface area contributed by atoms with Gasteiger partial charge in [0.05, 0.1) is 5.92 Å². The molecule has 1 aromatic rings. The first kappa shape index (κ1) is 30.3. The molecule has 5 heteroatoms. The lowest BCUT2D eigenvalue weighted by Crippen LogP contribution is -2.67. The van der Waals surface area contributed by atoms with Gasteiger partial charge in [0.1, 0.15) is 6.61 Å². The van der Waals surface area contributed by atoms with Crippen LogP contribution < -0.4 is 0 Å². The van der Waals surface area contributed by atoms with E-state index >= 15 is 0 Å². The molecule has 0 aromatic heterocycles. The third kappa shape index (κ3) is 4.19. The number of carbonyl (C=O) groups is 3. The van der Waals surface area contributed by atoms with Crippen LogP contribution in [0, 0.1) is 56.7 Å². The summed E-state index contributed by atoms with van der Waals surface area (Å²) in [7, 11) is 0. The lowest BCUT2D eigenvalue weighted by atomic mass is 9.33. The van der Waals surface area contributed by atoms with Gasteiger partial charge in [-0.05, 0) is 95.0 Å². The molecule has 1 aromatic carbocycles. The Morgan fingerprint density at radius 3 is 2.33 bits per heavy atom. The largest absolute Gasteiger partial charge is 0.478 e. The minimum Gasteiger partial charge on any atom is -0.478 e. The number of carbonyl (C=O) groups excluding carboxylic acids is 2. The number of carboxylic acid groups (broad SMARTS) is 1. The van der Waals surface area contributed by atoms with Gasteiger partial charge in [-0.3, -0.25) is 9.59 Å². The molecule has 0 amide bonds. The number of hydrogen-bond acceptors (Lipinski definition) is 4. The SMILES string of the molecule is CC1CCC2(C)CCC3(C)C(=CC(=O)C4C5(C)C(C(=O)OCc6ccccc6)C=C(C(=O)O)C(C)(C)C5CCC43C)C2C1. The van der Waals surface area contributed by atoms with Crippen LogP contribution in [0.15, 0.2) is 53.6 Å². The van der Waals surface area contributed by atoms with Gasteiger partial charge in [0.2, 0.25) is 0 Å². The van der Waals surface area contributed by atoms with Crippen molar-refractivity contribution in [1.82, 2.24) is 0 Å². The molecular formula is C38H50O5. The molecule has 9 unspecified atom stereocenters. The van der Waals surface area contributed by atoms with Crippen molar-refractivity contribution in [3.05, 3.63) is 59.2 Å². The van der Waals surface area contributed by atoms with Crippen LogP contribution in [-0.2, 0) is 25.7 Å². The summed E-state index contributed by atoms with van der Waals surface area (Å²) in [4.78, 5) is 41.5. The van der Waals surface area contributed by atoms with Crippen molar-refractivity contribution in [1.29, 1.82) is 0 Å². The first-order chi connectivity index (χ1) is 20.1. The number of carboxylic acids is 1. The van der Waals surface area contributed by atoms with Crippen LogP contribution in [-0.4, -0.2) is 22.8 Å². The molecule has 0 spiro atoms. The normalized spacial score (nSPS) is 43.1. The Balaban J connectivity index is 1.48. The number of aliphatic carboxylic acids is 1. The molecule has 5 nitrogen and oxygen atoms in total. The molecule has 0 saturated heterocycles. The van der Waals surface area contributed by atoms with E-state index in [9.17, 15) is 19.5 Å². The van der Waals surface area contributed by atoms with E-state index in [4.69, 9.17) is 4.74 Å². The number of allylic oxidation sites excluding steroid dienone is 2. The van der Waals surface area contributed by atoms with Gasteiger partial charge in [0, 0.05) is 11.5 Å². The highest BCUT2D eigenvalue weighted by Gasteiger charge is 2.72. The summed E-state index contributed by atoms with van der Waals surface area (Å²) in [6, 6.07) is 9.57. The summed E-state index contributed by atoms with van der Waals surface area (Å²) in [5.74, 6) is -1.62. The maximum atomic E-state index is 14.8. The number of esters is 1. The van der Waals surface area contributed by atoms with Crippen LogP contribution in [0.5, 0.6) is 0 Å². The van der Waals surface area contributed by atoms with Gasteiger partial charge in [-0.2, -0.15) is 0 Å². The maximum Gasteiger partial charge on any atom is 0.331 e. The Labute approximate surface area is 257 Å². The second-order valence-corrected chi connectivity index (χ2v) is 16.4. The molecule has 0 aliphatic heterocycles. The molecule has 43 heavy (non-hydrogen) atoms. The topological polar surface area (TPSA) is 80.7 Å². The van der Waals surface area contributed by atoms with Crippen molar-refractivity contribution in [2.75, 3.05) is 0 Å². The maximum absolute atomic E-state index is 14.8. The van der Waals surface area contributed by atoms with E-state index in [1.165, 1.54) is 18.4 Å². The first-order valence-electron chi connectivity index (χ1n) is 16.5. The lowest BCUT2D eigenvalue weighted by molar-refractivity contribution is -0.193. The fourth-order valence-corrected chi connectivity index (χ4v) is 11.3. The molecular weight excluding hydrogens is 536 g/mol. The van der Waals surface area contributed by atoms with Crippen molar-refractivity contribution >= 4 is 17.7 Å². The second-order valence-electron chi connectivity index (χ2n) is 16.4. The molecule has 5 aliphatic rings.